The Hall–Kier alpha value is -1.51. The van der Waals surface area contributed by atoms with Crippen LogP contribution in [0.15, 0.2) is 24.3 Å². The number of carbonyl (C=O) groups is 1. The van der Waals surface area contributed by atoms with Crippen LogP contribution in [0.1, 0.15) is 26.3 Å². The number of nitrogens with one attached hydrogen (secondary N) is 1. The van der Waals surface area contributed by atoms with E-state index in [2.05, 4.69) is 30.8 Å². The van der Waals surface area contributed by atoms with E-state index in [1.165, 1.54) is 7.11 Å². The molecule has 3 nitrogen and oxygen atoms in total. The summed E-state index contributed by atoms with van der Waals surface area (Å²) in [6.45, 7) is 6.26. The zero-order valence-electron chi connectivity index (χ0n) is 10.3. The molecule has 0 amide bonds. The number of esters is 1. The molecule has 0 heterocycles. The molecule has 0 fully saturated rings. The van der Waals surface area contributed by atoms with Crippen molar-refractivity contribution in [1.29, 1.82) is 0 Å². The highest BCUT2D eigenvalue weighted by molar-refractivity contribution is 5.75. The van der Waals surface area contributed by atoms with E-state index in [9.17, 15) is 4.79 Å². The van der Waals surface area contributed by atoms with Crippen LogP contribution in [-0.2, 0) is 16.0 Å². The van der Waals surface area contributed by atoms with Gasteiger partial charge in [0.2, 0.25) is 0 Å². The van der Waals surface area contributed by atoms with Gasteiger partial charge in [0, 0.05) is 11.2 Å². The lowest BCUT2D eigenvalue weighted by atomic mass is 10.0. The maximum absolute atomic E-state index is 11.2. The average molecular weight is 221 g/mol. The summed E-state index contributed by atoms with van der Waals surface area (Å²) in [5, 5.41) is 3.37. The van der Waals surface area contributed by atoms with Crippen molar-refractivity contribution in [3.8, 4) is 0 Å². The molecule has 0 atom stereocenters. The summed E-state index contributed by atoms with van der Waals surface area (Å²) in [5.41, 5.74) is 1.93. The molecule has 0 unspecified atom stereocenters. The fourth-order valence-corrected chi connectivity index (χ4v) is 1.43. The monoisotopic (exact) mass is 221 g/mol. The second kappa shape index (κ2) is 5.01. The van der Waals surface area contributed by atoms with Crippen molar-refractivity contribution in [2.45, 2.75) is 32.7 Å². The lowest BCUT2D eigenvalue weighted by molar-refractivity contribution is -0.139. The van der Waals surface area contributed by atoms with Gasteiger partial charge in [-0.3, -0.25) is 4.79 Å². The number of hydrogen-bond acceptors (Lipinski definition) is 3. The quantitative estimate of drug-likeness (QED) is 0.797. The number of benzene rings is 1. The van der Waals surface area contributed by atoms with Crippen LogP contribution in [0.3, 0.4) is 0 Å². The highest BCUT2D eigenvalue weighted by Crippen LogP contribution is 2.20. The zero-order chi connectivity index (χ0) is 12.2. The Morgan fingerprint density at radius 3 is 2.50 bits per heavy atom. The molecule has 0 aliphatic heterocycles. The van der Waals surface area contributed by atoms with Crippen molar-refractivity contribution >= 4 is 11.7 Å². The van der Waals surface area contributed by atoms with Crippen LogP contribution >= 0.6 is 0 Å². The third-order valence-corrected chi connectivity index (χ3v) is 2.09. The molecular weight excluding hydrogens is 202 g/mol. The Morgan fingerprint density at radius 1 is 1.31 bits per heavy atom. The third-order valence-electron chi connectivity index (χ3n) is 2.09. The predicted molar refractivity (Wildman–Crippen MR) is 65.5 cm³/mol. The van der Waals surface area contributed by atoms with Gasteiger partial charge in [0.15, 0.2) is 0 Å². The molecule has 0 aliphatic rings. The Balaban J connectivity index is 2.87. The molecule has 0 saturated heterocycles. The van der Waals surface area contributed by atoms with Crippen molar-refractivity contribution < 1.29 is 9.53 Å². The van der Waals surface area contributed by atoms with Gasteiger partial charge in [-0.05, 0) is 32.4 Å². The van der Waals surface area contributed by atoms with E-state index in [-0.39, 0.29) is 11.5 Å². The topological polar surface area (TPSA) is 38.3 Å². The molecule has 88 valence electrons. The van der Waals surface area contributed by atoms with E-state index in [1.807, 2.05) is 24.3 Å². The summed E-state index contributed by atoms with van der Waals surface area (Å²) in [6.07, 6.45) is 0.301. The highest BCUT2D eigenvalue weighted by atomic mass is 16.5. The van der Waals surface area contributed by atoms with E-state index in [1.54, 1.807) is 0 Å². The fourth-order valence-electron chi connectivity index (χ4n) is 1.43. The first kappa shape index (κ1) is 12.6. The second-order valence-electron chi connectivity index (χ2n) is 4.79. The molecule has 3 heteroatoms. The number of anilines is 1. The first-order valence-corrected chi connectivity index (χ1v) is 5.35. The van der Waals surface area contributed by atoms with Gasteiger partial charge in [0.1, 0.15) is 0 Å². The lowest BCUT2D eigenvalue weighted by Crippen LogP contribution is -2.27. The van der Waals surface area contributed by atoms with Crippen LogP contribution in [0.4, 0.5) is 5.69 Å². The smallest absolute Gasteiger partial charge is 0.310 e. The minimum Gasteiger partial charge on any atom is -0.469 e. The molecule has 1 N–H and O–H groups in total. The Labute approximate surface area is 96.8 Å². The van der Waals surface area contributed by atoms with E-state index in [0.717, 1.165) is 11.3 Å². The van der Waals surface area contributed by atoms with E-state index in [4.69, 9.17) is 0 Å². The second-order valence-corrected chi connectivity index (χ2v) is 4.79. The Kier molecular flexibility index (Phi) is 3.93. The van der Waals surface area contributed by atoms with E-state index in [0.29, 0.717) is 6.42 Å². The summed E-state index contributed by atoms with van der Waals surface area (Å²) >= 11 is 0. The minimum atomic E-state index is -0.219. The third kappa shape index (κ3) is 3.93. The zero-order valence-corrected chi connectivity index (χ0v) is 10.3. The van der Waals surface area contributed by atoms with Gasteiger partial charge in [0.05, 0.1) is 13.5 Å². The maximum atomic E-state index is 11.2. The van der Waals surface area contributed by atoms with Crippen LogP contribution in [0.5, 0.6) is 0 Å². The predicted octanol–water partition coefficient (Wildman–Crippen LogP) is 2.61. The largest absolute Gasteiger partial charge is 0.469 e. The van der Waals surface area contributed by atoms with Crippen molar-refractivity contribution in [3.05, 3.63) is 29.8 Å². The van der Waals surface area contributed by atoms with Gasteiger partial charge in [-0.25, -0.2) is 0 Å². The molecule has 0 aliphatic carbocycles. The highest BCUT2D eigenvalue weighted by Gasteiger charge is 2.13. The van der Waals surface area contributed by atoms with Gasteiger partial charge in [-0.15, -0.1) is 0 Å². The minimum absolute atomic E-state index is 0.0216. The van der Waals surface area contributed by atoms with Gasteiger partial charge >= 0.3 is 5.97 Å². The number of rotatable bonds is 3. The number of para-hydroxylation sites is 1. The summed E-state index contributed by atoms with van der Waals surface area (Å²) < 4.78 is 4.67. The van der Waals surface area contributed by atoms with Crippen molar-refractivity contribution in [2.24, 2.45) is 0 Å². The van der Waals surface area contributed by atoms with E-state index < -0.39 is 0 Å². The fraction of sp³-hybridized carbons (Fsp3) is 0.462. The summed E-state index contributed by atoms with van der Waals surface area (Å²) in [6, 6.07) is 7.79. The van der Waals surface area contributed by atoms with Gasteiger partial charge in [-0.2, -0.15) is 0 Å². The number of hydrogen-bond donors (Lipinski definition) is 1. The Bertz CT molecular complexity index is 366. The average Bonchev–Trinajstić information content (AvgIpc) is 2.18. The molecular formula is C13H19NO2. The van der Waals surface area contributed by atoms with Crippen LogP contribution in [0.25, 0.3) is 0 Å². The Morgan fingerprint density at radius 2 is 1.94 bits per heavy atom. The van der Waals surface area contributed by atoms with Crippen molar-refractivity contribution in [1.82, 2.24) is 0 Å². The van der Waals surface area contributed by atoms with Crippen LogP contribution in [-0.4, -0.2) is 18.6 Å². The normalized spacial score (nSPS) is 11.0. The summed E-state index contributed by atoms with van der Waals surface area (Å²) in [4.78, 5) is 11.2. The molecule has 0 radical (unpaired) electrons. The van der Waals surface area contributed by atoms with Gasteiger partial charge in [0.25, 0.3) is 0 Å². The molecule has 0 aromatic heterocycles. The maximum Gasteiger partial charge on any atom is 0.310 e. The summed E-state index contributed by atoms with van der Waals surface area (Å²) in [5.74, 6) is -0.219. The SMILES string of the molecule is COC(=O)Cc1ccccc1NC(C)(C)C. The summed E-state index contributed by atoms with van der Waals surface area (Å²) in [7, 11) is 1.40. The van der Waals surface area contributed by atoms with Crippen molar-refractivity contribution in [3.63, 3.8) is 0 Å². The van der Waals surface area contributed by atoms with Gasteiger partial charge in [-0.1, -0.05) is 18.2 Å². The van der Waals surface area contributed by atoms with Gasteiger partial charge < -0.3 is 10.1 Å². The number of ether oxygens (including phenoxy) is 1. The van der Waals surface area contributed by atoms with Crippen molar-refractivity contribution in [2.75, 3.05) is 12.4 Å². The number of carbonyl (C=O) groups excluding carboxylic acids is 1. The molecule has 0 spiro atoms. The molecule has 1 aromatic rings. The molecule has 0 saturated carbocycles. The first-order chi connectivity index (χ1) is 7.42. The van der Waals surface area contributed by atoms with Crippen LogP contribution < -0.4 is 5.32 Å². The first-order valence-electron chi connectivity index (χ1n) is 5.35. The molecule has 1 rings (SSSR count). The van der Waals surface area contributed by atoms with E-state index >= 15 is 0 Å². The van der Waals surface area contributed by atoms with Crippen LogP contribution in [0, 0.1) is 0 Å². The standard InChI is InChI=1S/C13H19NO2/c1-13(2,3)14-11-8-6-5-7-10(11)9-12(15)16-4/h5-8,14H,9H2,1-4H3. The lowest BCUT2D eigenvalue weighted by Gasteiger charge is -2.24. The molecule has 16 heavy (non-hydrogen) atoms. The van der Waals surface area contributed by atoms with Crippen LogP contribution in [0.2, 0.25) is 0 Å². The molecule has 1 aromatic carbocycles. The number of methoxy groups -OCH3 is 1. The molecule has 0 bridgehead atoms.